The summed E-state index contributed by atoms with van der Waals surface area (Å²) in [6.45, 7) is 5.59. The Kier molecular flexibility index (Phi) is 9.45. The Bertz CT molecular complexity index is 1400. The molecular weight excluding hydrogens is 494 g/mol. The highest BCUT2D eigenvalue weighted by Gasteiger charge is 2.17. The monoisotopic (exact) mass is 529 g/mol. The van der Waals surface area contributed by atoms with Gasteiger partial charge in [0.1, 0.15) is 11.6 Å². The highest BCUT2D eigenvalue weighted by molar-refractivity contribution is 5.95. The maximum atomic E-state index is 12.9. The number of imidazole rings is 1. The van der Waals surface area contributed by atoms with Crippen LogP contribution in [-0.4, -0.2) is 49.9 Å². The van der Waals surface area contributed by atoms with Crippen LogP contribution in [0.5, 0.6) is 23.0 Å². The molecule has 0 saturated carbocycles. The first-order valence-corrected chi connectivity index (χ1v) is 12.9. The van der Waals surface area contributed by atoms with E-state index in [0.717, 1.165) is 47.6 Å². The molecule has 0 aliphatic heterocycles. The summed E-state index contributed by atoms with van der Waals surface area (Å²) in [4.78, 5) is 17.8. The second kappa shape index (κ2) is 13.4. The average Bonchev–Trinajstić information content (AvgIpc) is 3.32. The third-order valence-electron chi connectivity index (χ3n) is 6.42. The molecule has 3 aromatic carbocycles. The lowest BCUT2D eigenvalue weighted by molar-refractivity contribution is 0.0953. The largest absolute Gasteiger partial charge is 0.493 e. The number of amides is 1. The van der Waals surface area contributed by atoms with Crippen LogP contribution in [0.2, 0.25) is 0 Å². The number of aromatic nitrogens is 2. The fourth-order valence-electron chi connectivity index (χ4n) is 4.54. The molecule has 4 rings (SSSR count). The zero-order valence-corrected chi connectivity index (χ0v) is 22.7. The van der Waals surface area contributed by atoms with E-state index in [-0.39, 0.29) is 5.91 Å². The number of carbonyl (C=O) groups excluding carboxylic acids is 1. The fraction of sp³-hybridized carbons (Fsp3) is 0.290. The van der Waals surface area contributed by atoms with E-state index in [2.05, 4.69) is 28.6 Å². The minimum Gasteiger partial charge on any atom is -0.493 e. The van der Waals surface area contributed by atoms with E-state index in [4.69, 9.17) is 23.9 Å². The standard InChI is InChI=1S/C31H35N3O5/c1-5-11-22-12-6-9-15-26(22)39-19-10-18-34-25-14-8-7-13-24(25)33-29(34)16-17-32-31(35)23-20-27(36-2)30(38-4)28(21-23)37-3/h5-9,12-15,20-21H,1,10-11,16-19H2,2-4H3,(H,32,35). The smallest absolute Gasteiger partial charge is 0.251 e. The Balaban J connectivity index is 1.41. The van der Waals surface area contributed by atoms with Crippen molar-refractivity contribution >= 4 is 16.9 Å². The number of hydrogen-bond donors (Lipinski definition) is 1. The molecule has 0 atom stereocenters. The summed E-state index contributed by atoms with van der Waals surface area (Å²) in [7, 11) is 4.57. The molecule has 1 N–H and O–H groups in total. The number of nitrogens with one attached hydrogen (secondary N) is 1. The van der Waals surface area contributed by atoms with E-state index in [0.29, 0.717) is 42.4 Å². The van der Waals surface area contributed by atoms with Gasteiger partial charge >= 0.3 is 0 Å². The molecule has 39 heavy (non-hydrogen) atoms. The molecule has 0 aliphatic rings. The number of methoxy groups -OCH3 is 3. The van der Waals surface area contributed by atoms with Crippen molar-refractivity contribution in [2.75, 3.05) is 34.5 Å². The Morgan fingerprint density at radius 2 is 1.69 bits per heavy atom. The number of fused-ring (bicyclic) bond motifs is 1. The van der Waals surface area contributed by atoms with Crippen LogP contribution in [0.25, 0.3) is 11.0 Å². The van der Waals surface area contributed by atoms with E-state index in [9.17, 15) is 4.79 Å². The fourth-order valence-corrected chi connectivity index (χ4v) is 4.54. The van der Waals surface area contributed by atoms with E-state index in [1.54, 1.807) is 12.1 Å². The SMILES string of the molecule is C=CCc1ccccc1OCCCn1c(CCNC(=O)c2cc(OC)c(OC)c(OC)c2)nc2ccccc21. The van der Waals surface area contributed by atoms with Crippen LogP contribution in [0.15, 0.2) is 73.3 Å². The number of benzene rings is 3. The Labute approximate surface area is 229 Å². The minimum absolute atomic E-state index is 0.233. The van der Waals surface area contributed by atoms with Crippen molar-refractivity contribution in [2.45, 2.75) is 25.8 Å². The number of aryl methyl sites for hydroxylation is 1. The van der Waals surface area contributed by atoms with Gasteiger partial charge in [-0.25, -0.2) is 4.98 Å². The van der Waals surface area contributed by atoms with Gasteiger partial charge in [0.25, 0.3) is 5.91 Å². The predicted octanol–water partition coefficient (Wildman–Crippen LogP) is 5.23. The third-order valence-corrected chi connectivity index (χ3v) is 6.42. The van der Waals surface area contributed by atoms with Gasteiger partial charge in [-0.15, -0.1) is 6.58 Å². The van der Waals surface area contributed by atoms with Gasteiger partial charge < -0.3 is 28.8 Å². The van der Waals surface area contributed by atoms with Crippen molar-refractivity contribution in [3.05, 3.63) is 90.3 Å². The Morgan fingerprint density at radius 1 is 0.974 bits per heavy atom. The van der Waals surface area contributed by atoms with E-state index < -0.39 is 0 Å². The molecule has 0 spiro atoms. The first kappa shape index (κ1) is 27.6. The minimum atomic E-state index is -0.233. The molecule has 0 saturated heterocycles. The summed E-state index contributed by atoms with van der Waals surface area (Å²) in [6, 6.07) is 19.4. The van der Waals surface area contributed by atoms with Crippen molar-refractivity contribution in [2.24, 2.45) is 0 Å². The normalized spacial score (nSPS) is 10.7. The Morgan fingerprint density at radius 3 is 2.41 bits per heavy atom. The van der Waals surface area contributed by atoms with E-state index in [1.165, 1.54) is 21.3 Å². The lowest BCUT2D eigenvalue weighted by atomic mass is 10.1. The molecule has 0 radical (unpaired) electrons. The maximum Gasteiger partial charge on any atom is 0.251 e. The number of para-hydroxylation sites is 3. The molecule has 204 valence electrons. The number of carbonyl (C=O) groups is 1. The highest BCUT2D eigenvalue weighted by atomic mass is 16.5. The van der Waals surface area contributed by atoms with Crippen LogP contribution >= 0.6 is 0 Å². The number of ether oxygens (including phenoxy) is 4. The molecule has 1 amide bonds. The molecule has 8 heteroatoms. The van der Waals surface area contributed by atoms with Crippen LogP contribution in [0.4, 0.5) is 0 Å². The van der Waals surface area contributed by atoms with Crippen LogP contribution in [0, 0.1) is 0 Å². The summed E-state index contributed by atoms with van der Waals surface area (Å²) >= 11 is 0. The maximum absolute atomic E-state index is 12.9. The number of rotatable bonds is 14. The second-order valence-corrected chi connectivity index (χ2v) is 8.89. The first-order valence-electron chi connectivity index (χ1n) is 12.9. The molecule has 0 fully saturated rings. The van der Waals surface area contributed by atoms with Crippen molar-refractivity contribution < 1.29 is 23.7 Å². The van der Waals surface area contributed by atoms with E-state index in [1.807, 2.05) is 42.5 Å². The average molecular weight is 530 g/mol. The van der Waals surface area contributed by atoms with Crippen LogP contribution in [0.3, 0.4) is 0 Å². The summed E-state index contributed by atoms with van der Waals surface area (Å²) in [5.74, 6) is 2.87. The van der Waals surface area contributed by atoms with Gasteiger partial charge in [0.2, 0.25) is 5.75 Å². The highest BCUT2D eigenvalue weighted by Crippen LogP contribution is 2.38. The number of hydrogen-bond acceptors (Lipinski definition) is 6. The quantitative estimate of drug-likeness (QED) is 0.178. The van der Waals surface area contributed by atoms with Gasteiger partial charge in [-0.2, -0.15) is 0 Å². The zero-order valence-electron chi connectivity index (χ0n) is 22.7. The van der Waals surface area contributed by atoms with Crippen molar-refractivity contribution in [1.29, 1.82) is 0 Å². The lowest BCUT2D eigenvalue weighted by Crippen LogP contribution is -2.26. The zero-order chi connectivity index (χ0) is 27.6. The molecule has 8 nitrogen and oxygen atoms in total. The number of allylic oxidation sites excluding steroid dienone is 1. The molecule has 1 heterocycles. The van der Waals surface area contributed by atoms with Crippen molar-refractivity contribution in [1.82, 2.24) is 14.9 Å². The molecule has 4 aromatic rings. The van der Waals surface area contributed by atoms with Gasteiger partial charge in [0.05, 0.1) is 39.0 Å². The predicted molar refractivity (Wildman–Crippen MR) is 152 cm³/mol. The summed E-state index contributed by atoms with van der Waals surface area (Å²) in [6.07, 6.45) is 4.04. The van der Waals surface area contributed by atoms with Crippen LogP contribution in [-0.2, 0) is 19.4 Å². The molecule has 0 unspecified atom stereocenters. The van der Waals surface area contributed by atoms with Crippen LogP contribution < -0.4 is 24.3 Å². The summed E-state index contributed by atoms with van der Waals surface area (Å²) < 4.78 is 24.4. The Hall–Kier alpha value is -4.46. The first-order chi connectivity index (χ1) is 19.1. The number of nitrogens with zero attached hydrogens (tertiary/aromatic N) is 2. The lowest BCUT2D eigenvalue weighted by Gasteiger charge is -2.14. The van der Waals surface area contributed by atoms with Gasteiger partial charge in [-0.3, -0.25) is 4.79 Å². The van der Waals surface area contributed by atoms with Crippen LogP contribution in [0.1, 0.15) is 28.2 Å². The summed E-state index contributed by atoms with van der Waals surface area (Å²) in [5.41, 5.74) is 3.55. The third kappa shape index (κ3) is 6.52. The second-order valence-electron chi connectivity index (χ2n) is 8.89. The van der Waals surface area contributed by atoms with Gasteiger partial charge in [-0.05, 0) is 48.7 Å². The van der Waals surface area contributed by atoms with Gasteiger partial charge in [0, 0.05) is 25.1 Å². The molecule has 0 aliphatic carbocycles. The molecule has 1 aromatic heterocycles. The summed E-state index contributed by atoms with van der Waals surface area (Å²) in [5, 5.41) is 2.99. The molecular formula is C31H35N3O5. The van der Waals surface area contributed by atoms with Crippen molar-refractivity contribution in [3.8, 4) is 23.0 Å². The van der Waals surface area contributed by atoms with Gasteiger partial charge in [0.15, 0.2) is 11.5 Å². The van der Waals surface area contributed by atoms with Crippen molar-refractivity contribution in [3.63, 3.8) is 0 Å². The molecule has 0 bridgehead atoms. The van der Waals surface area contributed by atoms with E-state index >= 15 is 0 Å². The topological polar surface area (TPSA) is 83.8 Å². The van der Waals surface area contributed by atoms with Gasteiger partial charge in [-0.1, -0.05) is 36.4 Å².